The third-order valence-corrected chi connectivity index (χ3v) is 3.16. The number of hydrogen-bond acceptors (Lipinski definition) is 4. The Kier molecular flexibility index (Phi) is 3.15. The minimum Gasteiger partial charge on any atom is -0.395 e. The van der Waals surface area contributed by atoms with Crippen LogP contribution in [-0.4, -0.2) is 54.2 Å². The summed E-state index contributed by atoms with van der Waals surface area (Å²) in [6.07, 6.45) is 2.66. The first kappa shape index (κ1) is 10.1. The van der Waals surface area contributed by atoms with Crippen LogP contribution in [0.5, 0.6) is 0 Å². The molecule has 0 bridgehead atoms. The van der Waals surface area contributed by atoms with Crippen LogP contribution in [-0.2, 0) is 9.53 Å². The van der Waals surface area contributed by atoms with Gasteiger partial charge in [0, 0.05) is 13.0 Å². The maximum absolute atomic E-state index is 11.6. The number of rotatable bonds is 2. The summed E-state index contributed by atoms with van der Waals surface area (Å²) in [5.41, 5.74) is 0. The van der Waals surface area contributed by atoms with Crippen molar-refractivity contribution in [1.82, 2.24) is 4.90 Å². The molecule has 80 valence electrons. The topological polar surface area (TPSA) is 49.8 Å². The van der Waals surface area contributed by atoms with Gasteiger partial charge < -0.3 is 9.84 Å². The van der Waals surface area contributed by atoms with Crippen molar-refractivity contribution in [2.24, 2.45) is 0 Å². The lowest BCUT2D eigenvalue weighted by molar-refractivity contribution is -0.126. The van der Waals surface area contributed by atoms with E-state index in [-0.39, 0.29) is 18.7 Å². The number of Topliss-reactive ketones (excluding diaryl/α,β-unsaturated/α-hetero) is 1. The van der Waals surface area contributed by atoms with Gasteiger partial charge in [-0.1, -0.05) is 0 Å². The molecular weight excluding hydrogens is 182 g/mol. The van der Waals surface area contributed by atoms with Crippen LogP contribution in [0.4, 0.5) is 0 Å². The van der Waals surface area contributed by atoms with Crippen molar-refractivity contribution in [3.63, 3.8) is 0 Å². The Morgan fingerprint density at radius 1 is 1.57 bits per heavy atom. The second-order valence-corrected chi connectivity index (χ2v) is 4.02. The molecule has 2 rings (SSSR count). The lowest BCUT2D eigenvalue weighted by Gasteiger charge is -2.37. The maximum atomic E-state index is 11.6. The second-order valence-electron chi connectivity index (χ2n) is 4.02. The van der Waals surface area contributed by atoms with E-state index in [1.54, 1.807) is 0 Å². The van der Waals surface area contributed by atoms with Crippen LogP contribution in [0.2, 0.25) is 0 Å². The van der Waals surface area contributed by atoms with Crippen molar-refractivity contribution in [3.8, 4) is 0 Å². The predicted octanol–water partition coefficient (Wildman–Crippen LogP) is -0.199. The van der Waals surface area contributed by atoms with Crippen LogP contribution in [0.1, 0.15) is 19.3 Å². The summed E-state index contributed by atoms with van der Waals surface area (Å²) in [5.74, 6) is 0.338. The van der Waals surface area contributed by atoms with Crippen LogP contribution in [0.15, 0.2) is 0 Å². The number of nitrogens with zero attached hydrogens (tertiary/aromatic N) is 1. The van der Waals surface area contributed by atoms with Gasteiger partial charge in [0.2, 0.25) is 0 Å². The number of carbonyl (C=O) groups is 1. The van der Waals surface area contributed by atoms with Gasteiger partial charge in [-0.2, -0.15) is 0 Å². The van der Waals surface area contributed by atoms with Gasteiger partial charge in [0.25, 0.3) is 0 Å². The number of aliphatic hydroxyl groups is 1. The Morgan fingerprint density at radius 3 is 3.07 bits per heavy atom. The monoisotopic (exact) mass is 199 g/mol. The molecule has 2 atom stereocenters. The Labute approximate surface area is 83.8 Å². The van der Waals surface area contributed by atoms with Crippen LogP contribution < -0.4 is 0 Å². The molecule has 2 fully saturated rings. The molecule has 2 aliphatic rings. The van der Waals surface area contributed by atoms with Crippen molar-refractivity contribution in [1.29, 1.82) is 0 Å². The van der Waals surface area contributed by atoms with Crippen molar-refractivity contribution in [3.05, 3.63) is 0 Å². The molecule has 1 heterocycles. The molecule has 0 aromatic heterocycles. The molecule has 0 aromatic rings. The van der Waals surface area contributed by atoms with Gasteiger partial charge >= 0.3 is 0 Å². The Balaban J connectivity index is 2.02. The van der Waals surface area contributed by atoms with Crippen LogP contribution in [0, 0.1) is 0 Å². The average Bonchev–Trinajstić information content (AvgIpc) is 2.64. The highest BCUT2D eigenvalue weighted by Crippen LogP contribution is 2.23. The summed E-state index contributed by atoms with van der Waals surface area (Å²) in [6.45, 7) is 2.10. The lowest BCUT2D eigenvalue weighted by atomic mass is 10.1. The smallest absolute Gasteiger partial charge is 0.149 e. The number of carbonyl (C=O) groups excluding carboxylic acids is 1. The molecule has 1 N–H and O–H groups in total. The van der Waals surface area contributed by atoms with Crippen LogP contribution in [0.25, 0.3) is 0 Å². The minimum absolute atomic E-state index is 0.0239. The summed E-state index contributed by atoms with van der Waals surface area (Å²) in [6, 6.07) is 0.0758. The van der Waals surface area contributed by atoms with Gasteiger partial charge in [-0.3, -0.25) is 9.69 Å². The first-order valence-corrected chi connectivity index (χ1v) is 5.30. The van der Waals surface area contributed by atoms with E-state index >= 15 is 0 Å². The van der Waals surface area contributed by atoms with Crippen LogP contribution >= 0.6 is 0 Å². The van der Waals surface area contributed by atoms with E-state index in [0.29, 0.717) is 25.4 Å². The van der Waals surface area contributed by atoms with Gasteiger partial charge in [0.1, 0.15) is 5.78 Å². The van der Waals surface area contributed by atoms with E-state index in [0.717, 1.165) is 19.4 Å². The van der Waals surface area contributed by atoms with Crippen molar-refractivity contribution in [2.45, 2.75) is 31.3 Å². The van der Waals surface area contributed by atoms with Gasteiger partial charge in [0.15, 0.2) is 0 Å². The first-order valence-electron chi connectivity index (χ1n) is 5.30. The lowest BCUT2D eigenvalue weighted by Crippen LogP contribution is -2.53. The molecule has 0 aromatic carbocycles. The average molecular weight is 199 g/mol. The van der Waals surface area contributed by atoms with Crippen molar-refractivity contribution < 1.29 is 14.6 Å². The van der Waals surface area contributed by atoms with Crippen LogP contribution in [0.3, 0.4) is 0 Å². The highest BCUT2D eigenvalue weighted by molar-refractivity contribution is 5.85. The second kappa shape index (κ2) is 4.38. The molecule has 1 saturated carbocycles. The molecule has 1 aliphatic heterocycles. The Hall–Kier alpha value is -0.450. The highest BCUT2D eigenvalue weighted by atomic mass is 16.5. The van der Waals surface area contributed by atoms with E-state index in [4.69, 9.17) is 4.74 Å². The summed E-state index contributed by atoms with van der Waals surface area (Å²) in [7, 11) is 0. The van der Waals surface area contributed by atoms with Gasteiger partial charge in [-0.25, -0.2) is 0 Å². The summed E-state index contributed by atoms with van der Waals surface area (Å²) >= 11 is 0. The fraction of sp³-hybridized carbons (Fsp3) is 0.900. The Morgan fingerprint density at radius 2 is 2.43 bits per heavy atom. The molecule has 1 aliphatic carbocycles. The summed E-state index contributed by atoms with van der Waals surface area (Å²) < 4.78 is 5.29. The standard InChI is InChI=1S/C10H17NO3/c12-6-8-7-14-5-4-11(8)9-2-1-3-10(9)13/h8-9,12H,1-7H2. The SMILES string of the molecule is O=C1CCCC1N1CCOCC1CO. The molecule has 4 heteroatoms. The quantitative estimate of drug-likeness (QED) is 0.669. The maximum Gasteiger partial charge on any atom is 0.149 e. The normalized spacial score (nSPS) is 35.1. The number of ether oxygens (including phenoxy) is 1. The summed E-state index contributed by atoms with van der Waals surface area (Å²) in [5, 5.41) is 9.18. The van der Waals surface area contributed by atoms with Crippen molar-refractivity contribution in [2.75, 3.05) is 26.4 Å². The van der Waals surface area contributed by atoms with E-state index in [1.165, 1.54) is 0 Å². The molecule has 1 saturated heterocycles. The predicted molar refractivity (Wildman–Crippen MR) is 51.0 cm³/mol. The third kappa shape index (κ3) is 1.82. The zero-order valence-electron chi connectivity index (χ0n) is 8.32. The number of morpholine rings is 1. The van der Waals surface area contributed by atoms with E-state index < -0.39 is 0 Å². The number of hydrogen-bond donors (Lipinski definition) is 1. The Bertz CT molecular complexity index is 219. The largest absolute Gasteiger partial charge is 0.395 e. The van der Waals surface area contributed by atoms with Crippen molar-refractivity contribution >= 4 is 5.78 Å². The minimum atomic E-state index is 0.0239. The first-order chi connectivity index (χ1) is 6.83. The molecule has 0 amide bonds. The number of ketones is 1. The molecule has 0 radical (unpaired) electrons. The fourth-order valence-corrected chi connectivity index (χ4v) is 2.38. The molecule has 0 spiro atoms. The van der Waals surface area contributed by atoms with E-state index in [9.17, 15) is 9.90 Å². The molecular formula is C10H17NO3. The van der Waals surface area contributed by atoms with E-state index in [1.807, 2.05) is 0 Å². The highest BCUT2D eigenvalue weighted by Gasteiger charge is 2.35. The molecule has 14 heavy (non-hydrogen) atoms. The molecule has 4 nitrogen and oxygen atoms in total. The zero-order valence-corrected chi connectivity index (χ0v) is 8.32. The summed E-state index contributed by atoms with van der Waals surface area (Å²) in [4.78, 5) is 13.7. The molecule has 2 unspecified atom stereocenters. The van der Waals surface area contributed by atoms with Gasteiger partial charge in [-0.05, 0) is 12.8 Å². The van der Waals surface area contributed by atoms with Gasteiger partial charge in [0.05, 0.1) is 31.9 Å². The van der Waals surface area contributed by atoms with E-state index in [2.05, 4.69) is 4.90 Å². The third-order valence-electron chi connectivity index (χ3n) is 3.16. The zero-order chi connectivity index (χ0) is 9.97. The number of aliphatic hydroxyl groups excluding tert-OH is 1. The van der Waals surface area contributed by atoms with Gasteiger partial charge in [-0.15, -0.1) is 0 Å². The fourth-order valence-electron chi connectivity index (χ4n) is 2.38.